The van der Waals surface area contributed by atoms with Gasteiger partial charge in [0.05, 0.1) is 5.56 Å². The van der Waals surface area contributed by atoms with Crippen molar-refractivity contribution in [2.45, 2.75) is 44.1 Å². The number of nitrogens with one attached hydrogen (secondary N) is 1. The van der Waals surface area contributed by atoms with Crippen molar-refractivity contribution in [3.8, 4) is 0 Å². The zero-order valence-electron chi connectivity index (χ0n) is 11.7. The Kier molecular flexibility index (Phi) is 4.88. The molecule has 1 amide bonds. The van der Waals surface area contributed by atoms with Crippen molar-refractivity contribution in [1.29, 1.82) is 0 Å². The zero-order chi connectivity index (χ0) is 15.5. The second-order valence-electron chi connectivity index (χ2n) is 5.64. The van der Waals surface area contributed by atoms with Crippen molar-refractivity contribution < 1.29 is 18.0 Å². The highest BCUT2D eigenvalue weighted by Gasteiger charge is 2.28. The quantitative estimate of drug-likeness (QED) is 0.897. The molecule has 3 N–H and O–H groups in total. The number of rotatable bonds is 4. The van der Waals surface area contributed by atoms with Gasteiger partial charge < -0.3 is 11.1 Å². The van der Waals surface area contributed by atoms with E-state index in [1.807, 2.05) is 0 Å². The van der Waals surface area contributed by atoms with Crippen molar-refractivity contribution >= 4 is 5.91 Å². The van der Waals surface area contributed by atoms with E-state index in [0.29, 0.717) is 6.54 Å². The highest BCUT2D eigenvalue weighted by molar-refractivity contribution is 5.94. The summed E-state index contributed by atoms with van der Waals surface area (Å²) in [6.07, 6.45) is 1.91. The summed E-state index contributed by atoms with van der Waals surface area (Å²) in [5.74, 6) is -1.52. The van der Waals surface area contributed by atoms with E-state index in [4.69, 9.17) is 5.73 Å². The molecule has 1 aromatic rings. The maximum atomic E-state index is 13.2. The lowest BCUT2D eigenvalue weighted by molar-refractivity contribution is 0.0937. The summed E-state index contributed by atoms with van der Waals surface area (Å²) in [7, 11) is 0. The van der Waals surface area contributed by atoms with Gasteiger partial charge in [-0.3, -0.25) is 4.79 Å². The van der Waals surface area contributed by atoms with Gasteiger partial charge in [-0.05, 0) is 31.0 Å². The maximum absolute atomic E-state index is 13.2. The van der Waals surface area contributed by atoms with Crippen molar-refractivity contribution in [1.82, 2.24) is 5.32 Å². The molecule has 116 valence electrons. The van der Waals surface area contributed by atoms with Gasteiger partial charge in [0, 0.05) is 17.6 Å². The van der Waals surface area contributed by atoms with Crippen molar-refractivity contribution in [3.63, 3.8) is 0 Å². The van der Waals surface area contributed by atoms with Crippen LogP contribution in [-0.4, -0.2) is 18.0 Å². The van der Waals surface area contributed by atoms with E-state index in [-0.39, 0.29) is 5.56 Å². The van der Waals surface area contributed by atoms with Gasteiger partial charge in [0.1, 0.15) is 5.82 Å². The van der Waals surface area contributed by atoms with Crippen LogP contribution in [0.4, 0.5) is 13.2 Å². The van der Waals surface area contributed by atoms with E-state index in [0.717, 1.165) is 44.2 Å². The van der Waals surface area contributed by atoms with Gasteiger partial charge in [0.25, 0.3) is 12.3 Å². The number of hydrogen-bond acceptors (Lipinski definition) is 2. The van der Waals surface area contributed by atoms with Crippen LogP contribution in [0.2, 0.25) is 0 Å². The predicted octanol–water partition coefficient (Wildman–Crippen LogP) is 3.15. The normalized spacial score (nSPS) is 17.8. The summed E-state index contributed by atoms with van der Waals surface area (Å²) in [6.45, 7) is 0.299. The first-order valence-corrected chi connectivity index (χ1v) is 7.06. The molecule has 1 aliphatic rings. The summed E-state index contributed by atoms with van der Waals surface area (Å²) in [5, 5.41) is 2.66. The van der Waals surface area contributed by atoms with Gasteiger partial charge in [0.2, 0.25) is 0 Å². The Morgan fingerprint density at radius 1 is 1.29 bits per heavy atom. The smallest absolute Gasteiger partial charge is 0.266 e. The Balaban J connectivity index is 2.01. The highest BCUT2D eigenvalue weighted by Crippen LogP contribution is 2.26. The molecule has 3 nitrogen and oxygen atoms in total. The fraction of sp³-hybridized carbons (Fsp3) is 0.533. The molecular weight excluding hydrogens is 281 g/mol. The second kappa shape index (κ2) is 6.47. The SMILES string of the molecule is NC1(CNC(=O)c2ccc(F)c(C(F)F)c2)CCCCC1. The van der Waals surface area contributed by atoms with Gasteiger partial charge in [-0.1, -0.05) is 19.3 Å². The largest absolute Gasteiger partial charge is 0.350 e. The number of alkyl halides is 2. The fourth-order valence-corrected chi connectivity index (χ4v) is 2.64. The fourth-order valence-electron chi connectivity index (χ4n) is 2.64. The molecule has 2 rings (SSSR count). The van der Waals surface area contributed by atoms with E-state index in [2.05, 4.69) is 5.32 Å². The van der Waals surface area contributed by atoms with Gasteiger partial charge in [0.15, 0.2) is 0 Å². The summed E-state index contributed by atoms with van der Waals surface area (Å²) in [6, 6.07) is 2.97. The molecule has 0 bridgehead atoms. The van der Waals surface area contributed by atoms with E-state index in [9.17, 15) is 18.0 Å². The molecule has 21 heavy (non-hydrogen) atoms. The van der Waals surface area contributed by atoms with E-state index < -0.39 is 29.3 Å². The molecule has 0 saturated heterocycles. The summed E-state index contributed by atoms with van der Waals surface area (Å²) in [4.78, 5) is 12.0. The average Bonchev–Trinajstić information content (AvgIpc) is 2.46. The minimum Gasteiger partial charge on any atom is -0.350 e. The molecule has 0 heterocycles. The van der Waals surface area contributed by atoms with E-state index in [1.165, 1.54) is 6.07 Å². The van der Waals surface area contributed by atoms with Crippen LogP contribution >= 0.6 is 0 Å². The summed E-state index contributed by atoms with van der Waals surface area (Å²) < 4.78 is 38.4. The van der Waals surface area contributed by atoms with Crippen LogP contribution in [0, 0.1) is 5.82 Å². The van der Waals surface area contributed by atoms with Crippen LogP contribution in [0.25, 0.3) is 0 Å². The lowest BCUT2D eigenvalue weighted by atomic mass is 9.82. The number of halogens is 3. The lowest BCUT2D eigenvalue weighted by Gasteiger charge is -2.33. The Morgan fingerprint density at radius 2 is 1.95 bits per heavy atom. The van der Waals surface area contributed by atoms with Crippen LogP contribution in [-0.2, 0) is 0 Å². The van der Waals surface area contributed by atoms with Crippen LogP contribution in [0.3, 0.4) is 0 Å². The van der Waals surface area contributed by atoms with Crippen molar-refractivity contribution in [2.24, 2.45) is 5.73 Å². The minimum absolute atomic E-state index is 0.0195. The van der Waals surface area contributed by atoms with Crippen molar-refractivity contribution in [3.05, 3.63) is 35.1 Å². The van der Waals surface area contributed by atoms with Gasteiger partial charge >= 0.3 is 0 Å². The minimum atomic E-state index is -2.95. The number of nitrogens with two attached hydrogens (primary N) is 1. The van der Waals surface area contributed by atoms with Crippen LogP contribution in [0.1, 0.15) is 54.5 Å². The van der Waals surface area contributed by atoms with Crippen LogP contribution < -0.4 is 11.1 Å². The maximum Gasteiger partial charge on any atom is 0.266 e. The molecule has 0 unspecified atom stereocenters. The summed E-state index contributed by atoms with van der Waals surface area (Å²) in [5.41, 5.74) is 5.02. The van der Waals surface area contributed by atoms with Gasteiger partial charge in [-0.2, -0.15) is 0 Å². The summed E-state index contributed by atoms with van der Waals surface area (Å²) >= 11 is 0. The molecular formula is C15H19F3N2O. The average molecular weight is 300 g/mol. The Labute approximate surface area is 121 Å². The molecule has 0 atom stereocenters. The number of carbonyl (C=O) groups excluding carboxylic acids is 1. The van der Waals surface area contributed by atoms with Gasteiger partial charge in [-0.15, -0.1) is 0 Å². The van der Waals surface area contributed by atoms with Crippen molar-refractivity contribution in [2.75, 3.05) is 6.54 Å². The third kappa shape index (κ3) is 3.97. The second-order valence-corrected chi connectivity index (χ2v) is 5.64. The first-order chi connectivity index (χ1) is 9.91. The monoisotopic (exact) mass is 300 g/mol. The molecule has 0 spiro atoms. The van der Waals surface area contributed by atoms with Crippen LogP contribution in [0.15, 0.2) is 18.2 Å². The number of benzene rings is 1. The van der Waals surface area contributed by atoms with E-state index in [1.54, 1.807) is 0 Å². The first-order valence-electron chi connectivity index (χ1n) is 7.06. The molecule has 1 saturated carbocycles. The number of hydrogen-bond donors (Lipinski definition) is 2. The third-order valence-electron chi connectivity index (χ3n) is 3.94. The highest BCUT2D eigenvalue weighted by atomic mass is 19.3. The molecule has 0 aromatic heterocycles. The third-order valence-corrected chi connectivity index (χ3v) is 3.94. The number of amides is 1. The van der Waals surface area contributed by atoms with Gasteiger partial charge in [-0.25, -0.2) is 13.2 Å². The molecule has 1 fully saturated rings. The molecule has 6 heteroatoms. The standard InChI is InChI=1S/C15H19F3N2O/c16-12-5-4-10(8-11(12)13(17)18)14(21)20-9-15(19)6-2-1-3-7-15/h4-5,8,13H,1-3,6-7,9,19H2,(H,20,21). The topological polar surface area (TPSA) is 55.1 Å². The zero-order valence-corrected chi connectivity index (χ0v) is 11.7. The predicted molar refractivity (Wildman–Crippen MR) is 73.7 cm³/mol. The van der Waals surface area contributed by atoms with E-state index >= 15 is 0 Å². The lowest BCUT2D eigenvalue weighted by Crippen LogP contribution is -2.51. The molecule has 0 radical (unpaired) electrons. The first kappa shape index (κ1) is 15.8. The number of carbonyl (C=O) groups is 1. The Bertz CT molecular complexity index is 514. The molecule has 1 aromatic carbocycles. The Morgan fingerprint density at radius 3 is 2.57 bits per heavy atom. The molecule has 0 aliphatic heterocycles. The Hall–Kier alpha value is -1.56. The molecule has 1 aliphatic carbocycles. The van der Waals surface area contributed by atoms with Crippen LogP contribution in [0.5, 0.6) is 0 Å².